The highest BCUT2D eigenvalue weighted by Crippen LogP contribution is 2.40. The van der Waals surface area contributed by atoms with Gasteiger partial charge in [0.1, 0.15) is 16.9 Å². The number of aliphatic hydroxyl groups is 1. The zero-order valence-corrected chi connectivity index (χ0v) is 24.1. The first-order valence-corrected chi connectivity index (χ1v) is 13.1. The molecule has 0 aliphatic carbocycles. The number of rotatable bonds is 5. The van der Waals surface area contributed by atoms with Gasteiger partial charge in [0, 0.05) is 30.3 Å². The van der Waals surface area contributed by atoms with E-state index in [0.717, 1.165) is 5.56 Å². The molecule has 0 saturated carbocycles. The van der Waals surface area contributed by atoms with Crippen LogP contribution < -0.4 is 4.74 Å². The number of carbonyl (C=O) groups excluding carboxylic acids is 2. The maximum atomic E-state index is 15.6. The minimum Gasteiger partial charge on any atom is -0.454 e. The normalized spacial score (nSPS) is 16.2. The van der Waals surface area contributed by atoms with Crippen LogP contribution in [0.25, 0.3) is 0 Å². The molecule has 0 unspecified atom stereocenters. The molecule has 1 saturated heterocycles. The highest BCUT2D eigenvalue weighted by molar-refractivity contribution is 9.10. The minimum absolute atomic E-state index is 0.00865. The van der Waals surface area contributed by atoms with Gasteiger partial charge in [-0.2, -0.15) is 0 Å². The van der Waals surface area contributed by atoms with Crippen molar-refractivity contribution in [1.82, 2.24) is 14.8 Å². The van der Waals surface area contributed by atoms with Crippen LogP contribution in [-0.2, 0) is 4.74 Å². The average Bonchev–Trinajstić information content (AvgIpc) is 2.82. The topological polar surface area (TPSA) is 92.2 Å². The Morgan fingerprint density at radius 3 is 2.59 bits per heavy atom. The number of ether oxygens (including phenoxy) is 2. The van der Waals surface area contributed by atoms with Gasteiger partial charge in [-0.1, -0.05) is 25.4 Å². The summed E-state index contributed by atoms with van der Waals surface area (Å²) in [4.78, 5) is 33.4. The van der Waals surface area contributed by atoms with E-state index in [9.17, 15) is 14.7 Å². The number of amides is 2. The van der Waals surface area contributed by atoms with E-state index in [-0.39, 0.29) is 46.4 Å². The number of aromatic nitrogens is 1. The van der Waals surface area contributed by atoms with E-state index in [1.807, 2.05) is 20.8 Å². The van der Waals surface area contributed by atoms with Gasteiger partial charge in [0.2, 0.25) is 0 Å². The summed E-state index contributed by atoms with van der Waals surface area (Å²) in [5, 5.41) is 9.79. The van der Waals surface area contributed by atoms with E-state index in [1.165, 1.54) is 15.9 Å². The summed E-state index contributed by atoms with van der Waals surface area (Å²) in [6.45, 7) is 10.8. The van der Waals surface area contributed by atoms with Gasteiger partial charge in [-0.15, -0.1) is 0 Å². The monoisotopic (exact) mass is 599 g/mol. The van der Waals surface area contributed by atoms with Crippen LogP contribution in [0.3, 0.4) is 0 Å². The SMILES string of the molecule is Cc1ccnc(C(C)C)c1Oc1cc(Br)c(Cl)c(F)c1C(=O)N1CCN(C(=O)OC(C)(C)C)C[C@H]1CO. The van der Waals surface area contributed by atoms with Crippen molar-refractivity contribution in [3.8, 4) is 11.5 Å². The van der Waals surface area contributed by atoms with E-state index >= 15 is 4.39 Å². The van der Waals surface area contributed by atoms with E-state index in [1.54, 1.807) is 33.0 Å². The molecule has 202 valence electrons. The molecule has 2 heterocycles. The summed E-state index contributed by atoms with van der Waals surface area (Å²) in [5.74, 6) is -1.27. The van der Waals surface area contributed by atoms with E-state index in [4.69, 9.17) is 21.1 Å². The Morgan fingerprint density at radius 1 is 1.32 bits per heavy atom. The number of pyridine rings is 1. The lowest BCUT2D eigenvalue weighted by Gasteiger charge is -2.41. The summed E-state index contributed by atoms with van der Waals surface area (Å²) in [6.07, 6.45) is 1.12. The number of piperazine rings is 1. The number of hydrogen-bond donors (Lipinski definition) is 1. The second-order valence-corrected chi connectivity index (χ2v) is 11.5. The number of aliphatic hydroxyl groups excluding tert-OH is 1. The molecular weight excluding hydrogens is 569 g/mol. The quantitative estimate of drug-likeness (QED) is 0.429. The fourth-order valence-corrected chi connectivity index (χ4v) is 4.52. The van der Waals surface area contributed by atoms with Crippen molar-refractivity contribution in [2.24, 2.45) is 0 Å². The lowest BCUT2D eigenvalue weighted by atomic mass is 10.1. The maximum absolute atomic E-state index is 15.6. The molecule has 1 aliphatic rings. The van der Waals surface area contributed by atoms with Gasteiger partial charge in [0.15, 0.2) is 11.6 Å². The lowest BCUT2D eigenvalue weighted by molar-refractivity contribution is -0.00262. The summed E-state index contributed by atoms with van der Waals surface area (Å²) in [7, 11) is 0. The highest BCUT2D eigenvalue weighted by Gasteiger charge is 2.37. The maximum Gasteiger partial charge on any atom is 0.410 e. The fraction of sp³-hybridized carbons (Fsp3) is 0.500. The van der Waals surface area contributed by atoms with Gasteiger partial charge < -0.3 is 24.4 Å². The Morgan fingerprint density at radius 2 is 2.00 bits per heavy atom. The van der Waals surface area contributed by atoms with Crippen LogP contribution in [0.2, 0.25) is 5.02 Å². The van der Waals surface area contributed by atoms with Crippen molar-refractivity contribution in [2.75, 3.05) is 26.2 Å². The Labute approximate surface area is 229 Å². The molecule has 0 bridgehead atoms. The molecule has 11 heteroatoms. The third-order valence-corrected chi connectivity index (χ3v) is 7.06. The number of aryl methyl sites for hydroxylation is 1. The van der Waals surface area contributed by atoms with Crippen LogP contribution in [0.4, 0.5) is 9.18 Å². The molecule has 1 atom stereocenters. The third-order valence-electron chi connectivity index (χ3n) is 5.83. The van der Waals surface area contributed by atoms with Crippen molar-refractivity contribution in [3.63, 3.8) is 0 Å². The zero-order valence-electron chi connectivity index (χ0n) is 21.8. The molecule has 1 aliphatic heterocycles. The van der Waals surface area contributed by atoms with Crippen LogP contribution >= 0.6 is 27.5 Å². The van der Waals surface area contributed by atoms with Gasteiger partial charge in [-0.25, -0.2) is 9.18 Å². The Hall–Kier alpha value is -2.43. The smallest absolute Gasteiger partial charge is 0.410 e. The molecule has 1 N–H and O–H groups in total. The molecule has 0 spiro atoms. The molecule has 2 aromatic rings. The number of benzene rings is 1. The van der Waals surface area contributed by atoms with Crippen molar-refractivity contribution in [2.45, 2.75) is 59.1 Å². The molecule has 0 radical (unpaired) electrons. The second-order valence-electron chi connectivity index (χ2n) is 10.2. The third kappa shape index (κ3) is 6.53. The minimum atomic E-state index is -0.949. The van der Waals surface area contributed by atoms with Crippen molar-refractivity contribution < 1.29 is 28.6 Å². The van der Waals surface area contributed by atoms with E-state index in [2.05, 4.69) is 20.9 Å². The molecule has 8 nitrogen and oxygen atoms in total. The predicted molar refractivity (Wildman–Crippen MR) is 142 cm³/mol. The predicted octanol–water partition coefficient (Wildman–Crippen LogP) is 5.91. The first-order chi connectivity index (χ1) is 17.2. The fourth-order valence-electron chi connectivity index (χ4n) is 3.99. The molecular formula is C26H32BrClFN3O5. The van der Waals surface area contributed by atoms with Crippen LogP contribution in [-0.4, -0.2) is 69.8 Å². The number of halogens is 3. The number of hydrogen-bond acceptors (Lipinski definition) is 6. The van der Waals surface area contributed by atoms with Crippen molar-refractivity contribution >= 4 is 39.5 Å². The molecule has 1 fully saturated rings. The lowest BCUT2D eigenvalue weighted by Crippen LogP contribution is -2.58. The summed E-state index contributed by atoms with van der Waals surface area (Å²) < 4.78 is 27.4. The van der Waals surface area contributed by atoms with Crippen LogP contribution in [0.1, 0.15) is 62.2 Å². The molecule has 3 rings (SSSR count). The summed E-state index contributed by atoms with van der Waals surface area (Å²) in [6, 6.07) is 2.43. The van der Waals surface area contributed by atoms with Gasteiger partial charge in [-0.05, 0) is 67.2 Å². The summed E-state index contributed by atoms with van der Waals surface area (Å²) in [5.41, 5.74) is 0.365. The van der Waals surface area contributed by atoms with E-state index < -0.39 is 36.1 Å². The highest BCUT2D eigenvalue weighted by atomic mass is 79.9. The summed E-state index contributed by atoms with van der Waals surface area (Å²) >= 11 is 9.41. The van der Waals surface area contributed by atoms with Gasteiger partial charge >= 0.3 is 6.09 Å². The largest absolute Gasteiger partial charge is 0.454 e. The van der Waals surface area contributed by atoms with E-state index in [0.29, 0.717) is 11.4 Å². The second kappa shape index (κ2) is 11.5. The van der Waals surface area contributed by atoms with Crippen molar-refractivity contribution in [3.05, 3.63) is 50.5 Å². The van der Waals surface area contributed by atoms with Crippen LogP contribution in [0.15, 0.2) is 22.8 Å². The van der Waals surface area contributed by atoms with Gasteiger partial charge in [0.25, 0.3) is 5.91 Å². The number of nitrogens with zero attached hydrogens (tertiary/aromatic N) is 3. The molecule has 1 aromatic carbocycles. The van der Waals surface area contributed by atoms with Crippen LogP contribution in [0, 0.1) is 12.7 Å². The Kier molecular flexibility index (Phi) is 9.08. The first kappa shape index (κ1) is 29.1. The standard InChI is InChI=1S/C26H32BrClFN3O5/c1-14(2)22-23(15(3)7-8-30-22)36-18-11-17(27)20(28)21(29)19(18)24(34)32-10-9-31(12-16(32)13-33)25(35)37-26(4,5)6/h7-8,11,14,16,33H,9-10,12-13H2,1-6H3/t16-/m0/s1. The molecule has 1 aromatic heterocycles. The van der Waals surface area contributed by atoms with Crippen molar-refractivity contribution in [1.29, 1.82) is 0 Å². The van der Waals surface area contributed by atoms with Gasteiger partial charge in [-0.3, -0.25) is 9.78 Å². The van der Waals surface area contributed by atoms with Crippen LogP contribution in [0.5, 0.6) is 11.5 Å². The first-order valence-electron chi connectivity index (χ1n) is 12.0. The Balaban J connectivity index is 1.98. The Bertz CT molecular complexity index is 1190. The average molecular weight is 601 g/mol. The molecule has 2 amide bonds. The zero-order chi connectivity index (χ0) is 27.7. The number of carbonyl (C=O) groups is 2. The molecule has 37 heavy (non-hydrogen) atoms. The van der Waals surface area contributed by atoms with Gasteiger partial charge in [0.05, 0.1) is 23.4 Å².